The lowest BCUT2D eigenvalue weighted by Crippen LogP contribution is -2.44. The van der Waals surface area contributed by atoms with Crippen LogP contribution >= 0.6 is 0 Å². The van der Waals surface area contributed by atoms with Gasteiger partial charge in [-0.15, -0.1) is 0 Å². The number of piperidine rings is 1. The number of rotatable bonds is 5. The normalized spacial score (nSPS) is 22.9. The third-order valence-corrected chi connectivity index (χ3v) is 5.55. The summed E-state index contributed by atoms with van der Waals surface area (Å²) >= 11 is 0. The van der Waals surface area contributed by atoms with Gasteiger partial charge in [0.05, 0.1) is 0 Å². The Morgan fingerprint density at radius 2 is 2.17 bits per heavy atom. The fraction of sp³-hybridized carbons (Fsp3) is 0.706. The van der Waals surface area contributed by atoms with Gasteiger partial charge in [0, 0.05) is 45.0 Å². The van der Waals surface area contributed by atoms with Gasteiger partial charge in [-0.05, 0) is 38.0 Å². The molecule has 1 aromatic heterocycles. The molecular weight excluding hydrogens is 308 g/mol. The Morgan fingerprint density at radius 3 is 2.75 bits per heavy atom. The number of hydrogen-bond donors (Lipinski definition) is 2. The molecule has 7 nitrogen and oxygen atoms in total. The first-order valence-corrected chi connectivity index (χ1v) is 8.71. The summed E-state index contributed by atoms with van der Waals surface area (Å²) in [5, 5.41) is 12.2. The van der Waals surface area contributed by atoms with Crippen LogP contribution in [0.15, 0.2) is 12.4 Å². The molecule has 3 rings (SSSR count). The zero-order valence-corrected chi connectivity index (χ0v) is 14.2. The predicted molar refractivity (Wildman–Crippen MR) is 88.5 cm³/mol. The van der Waals surface area contributed by atoms with E-state index in [1.807, 2.05) is 18.0 Å². The summed E-state index contributed by atoms with van der Waals surface area (Å²) in [6.45, 7) is 5.03. The van der Waals surface area contributed by atoms with Crippen molar-refractivity contribution in [1.82, 2.24) is 19.8 Å². The molecule has 0 aliphatic carbocycles. The Kier molecular flexibility index (Phi) is 4.89. The van der Waals surface area contributed by atoms with Crippen molar-refractivity contribution in [2.45, 2.75) is 51.6 Å². The minimum absolute atomic E-state index is 0.0633. The fourth-order valence-corrected chi connectivity index (χ4v) is 3.90. The molecule has 1 aromatic rings. The first kappa shape index (κ1) is 17.0. The molecule has 1 amide bonds. The van der Waals surface area contributed by atoms with Crippen molar-refractivity contribution in [2.75, 3.05) is 19.6 Å². The molecule has 2 aliphatic rings. The molecule has 3 heterocycles. The molecule has 0 bridgehead atoms. The van der Waals surface area contributed by atoms with Gasteiger partial charge < -0.3 is 19.9 Å². The van der Waals surface area contributed by atoms with E-state index in [1.165, 1.54) is 0 Å². The van der Waals surface area contributed by atoms with Gasteiger partial charge in [-0.25, -0.2) is 4.98 Å². The average molecular weight is 334 g/mol. The van der Waals surface area contributed by atoms with Crippen molar-refractivity contribution in [3.05, 3.63) is 18.2 Å². The number of hydrogen-bond acceptors (Lipinski definition) is 4. The number of likely N-dealkylation sites (tertiary alicyclic amines) is 1. The monoisotopic (exact) mass is 334 g/mol. The van der Waals surface area contributed by atoms with Crippen LogP contribution in [-0.2, 0) is 16.1 Å². The molecule has 7 heteroatoms. The number of nitrogens with zero attached hydrogens (tertiary/aromatic N) is 3. The Morgan fingerprint density at radius 1 is 1.42 bits per heavy atom. The second-order valence-electron chi connectivity index (χ2n) is 7.13. The topological polar surface area (TPSA) is 87.5 Å². The summed E-state index contributed by atoms with van der Waals surface area (Å²) in [5.74, 6) is 0.424. The molecule has 2 aliphatic heterocycles. The van der Waals surface area contributed by atoms with E-state index in [2.05, 4.69) is 14.9 Å². The van der Waals surface area contributed by atoms with Crippen molar-refractivity contribution in [3.63, 3.8) is 0 Å². The van der Waals surface area contributed by atoms with Gasteiger partial charge in [-0.1, -0.05) is 0 Å². The highest BCUT2D eigenvalue weighted by molar-refractivity contribution is 5.76. The molecule has 1 atom stereocenters. The fourth-order valence-electron chi connectivity index (χ4n) is 3.90. The van der Waals surface area contributed by atoms with E-state index >= 15 is 0 Å². The van der Waals surface area contributed by atoms with E-state index in [0.717, 1.165) is 51.3 Å². The Hall–Kier alpha value is -1.89. The number of aliphatic carboxylic acids is 1. The SMILES string of the molecule is Cc1nccn1CCCC(=O)N1CCC2(CC1)CN[C@H](C(=O)O)C2. The summed E-state index contributed by atoms with van der Waals surface area (Å²) in [5.41, 5.74) is 0.0633. The van der Waals surface area contributed by atoms with E-state index < -0.39 is 12.0 Å². The van der Waals surface area contributed by atoms with E-state index in [1.54, 1.807) is 6.20 Å². The molecular formula is C17H26N4O3. The number of aromatic nitrogens is 2. The minimum Gasteiger partial charge on any atom is -0.480 e. The van der Waals surface area contributed by atoms with Gasteiger partial charge >= 0.3 is 5.97 Å². The number of imidazole rings is 1. The highest BCUT2D eigenvalue weighted by Crippen LogP contribution is 2.39. The minimum atomic E-state index is -0.764. The van der Waals surface area contributed by atoms with Crippen LogP contribution in [0.25, 0.3) is 0 Å². The maximum Gasteiger partial charge on any atom is 0.320 e. The zero-order valence-electron chi connectivity index (χ0n) is 14.2. The summed E-state index contributed by atoms with van der Waals surface area (Å²) in [4.78, 5) is 29.6. The van der Waals surface area contributed by atoms with Crippen molar-refractivity contribution in [3.8, 4) is 0 Å². The van der Waals surface area contributed by atoms with Gasteiger partial charge in [0.2, 0.25) is 5.91 Å². The Bertz CT molecular complexity index is 605. The van der Waals surface area contributed by atoms with Crippen molar-refractivity contribution >= 4 is 11.9 Å². The average Bonchev–Trinajstić information content (AvgIpc) is 3.15. The number of aryl methyl sites for hydroxylation is 2. The quantitative estimate of drug-likeness (QED) is 0.840. The van der Waals surface area contributed by atoms with Crippen LogP contribution in [0.2, 0.25) is 0 Å². The van der Waals surface area contributed by atoms with Gasteiger partial charge in [-0.2, -0.15) is 0 Å². The van der Waals surface area contributed by atoms with Crippen LogP contribution in [0, 0.1) is 12.3 Å². The van der Waals surface area contributed by atoms with Crippen molar-refractivity contribution in [1.29, 1.82) is 0 Å². The lowest BCUT2D eigenvalue weighted by atomic mass is 9.76. The number of carbonyl (C=O) groups is 2. The summed E-state index contributed by atoms with van der Waals surface area (Å²) in [7, 11) is 0. The molecule has 132 valence electrons. The zero-order chi connectivity index (χ0) is 17.2. The molecule has 24 heavy (non-hydrogen) atoms. The van der Waals surface area contributed by atoms with Gasteiger partial charge in [0.25, 0.3) is 0 Å². The second kappa shape index (κ2) is 6.93. The molecule has 1 spiro atoms. The Balaban J connectivity index is 1.42. The second-order valence-corrected chi connectivity index (χ2v) is 7.13. The third kappa shape index (κ3) is 3.61. The van der Waals surface area contributed by atoms with Crippen LogP contribution in [0.4, 0.5) is 0 Å². The lowest BCUT2D eigenvalue weighted by molar-refractivity contribution is -0.139. The van der Waals surface area contributed by atoms with Crippen LogP contribution in [0.3, 0.4) is 0 Å². The van der Waals surface area contributed by atoms with Crippen LogP contribution < -0.4 is 5.32 Å². The first-order valence-electron chi connectivity index (χ1n) is 8.71. The summed E-state index contributed by atoms with van der Waals surface area (Å²) in [6, 6.07) is -0.425. The molecule has 2 N–H and O–H groups in total. The van der Waals surface area contributed by atoms with E-state index in [4.69, 9.17) is 5.11 Å². The highest BCUT2D eigenvalue weighted by Gasteiger charge is 2.43. The number of nitrogens with one attached hydrogen (secondary N) is 1. The van der Waals surface area contributed by atoms with Crippen LogP contribution in [0.1, 0.15) is 37.9 Å². The highest BCUT2D eigenvalue weighted by atomic mass is 16.4. The summed E-state index contributed by atoms with van der Waals surface area (Å²) in [6.07, 6.45) is 7.58. The molecule has 0 saturated carbocycles. The smallest absolute Gasteiger partial charge is 0.320 e. The van der Waals surface area contributed by atoms with Crippen molar-refractivity contribution < 1.29 is 14.7 Å². The largest absolute Gasteiger partial charge is 0.480 e. The summed E-state index contributed by atoms with van der Waals surface area (Å²) < 4.78 is 2.06. The maximum absolute atomic E-state index is 12.4. The van der Waals surface area contributed by atoms with E-state index in [9.17, 15) is 9.59 Å². The van der Waals surface area contributed by atoms with Crippen LogP contribution in [-0.4, -0.2) is 57.1 Å². The third-order valence-electron chi connectivity index (χ3n) is 5.55. The van der Waals surface area contributed by atoms with E-state index in [-0.39, 0.29) is 11.3 Å². The van der Waals surface area contributed by atoms with Crippen molar-refractivity contribution in [2.24, 2.45) is 5.41 Å². The number of amides is 1. The van der Waals surface area contributed by atoms with Crippen LogP contribution in [0.5, 0.6) is 0 Å². The molecule has 0 aromatic carbocycles. The lowest BCUT2D eigenvalue weighted by Gasteiger charge is -2.39. The molecule has 2 saturated heterocycles. The van der Waals surface area contributed by atoms with Gasteiger partial charge in [-0.3, -0.25) is 9.59 Å². The molecule has 0 radical (unpaired) electrons. The van der Waals surface area contributed by atoms with Gasteiger partial charge in [0.15, 0.2) is 0 Å². The first-order chi connectivity index (χ1) is 11.5. The molecule has 0 unspecified atom stereocenters. The standard InChI is InChI=1S/C17H26N4O3/c1-13-18-6-10-20(13)7-2-3-15(22)21-8-4-17(5-9-21)11-14(16(23)24)19-12-17/h6,10,14,19H,2-5,7-9,11-12H2,1H3,(H,23,24)/t14-/m0/s1. The Labute approximate surface area is 142 Å². The number of carboxylic acids is 1. The number of carboxylic acid groups (broad SMARTS) is 1. The maximum atomic E-state index is 12.4. The predicted octanol–water partition coefficient (Wildman–Crippen LogP) is 1.03. The van der Waals surface area contributed by atoms with Gasteiger partial charge in [0.1, 0.15) is 11.9 Å². The molecule has 2 fully saturated rings. The van der Waals surface area contributed by atoms with E-state index in [0.29, 0.717) is 12.8 Å². The number of carbonyl (C=O) groups excluding carboxylic acids is 1.